The Kier molecular flexibility index (Phi) is 7.38. The molecule has 162 valence electrons. The number of rotatable bonds is 8. The Morgan fingerprint density at radius 1 is 1.16 bits per heavy atom. The highest BCUT2D eigenvalue weighted by Crippen LogP contribution is 2.23. The maximum absolute atomic E-state index is 12.3. The van der Waals surface area contributed by atoms with Crippen LogP contribution in [0.25, 0.3) is 5.69 Å². The number of carbonyl (C=O) groups excluding carboxylic acids is 2. The second-order valence-electron chi connectivity index (χ2n) is 7.26. The van der Waals surface area contributed by atoms with Crippen LogP contribution in [0, 0.1) is 6.92 Å². The van der Waals surface area contributed by atoms with E-state index in [4.69, 9.17) is 11.6 Å². The Bertz CT molecular complexity index is 1040. The first-order valence-electron chi connectivity index (χ1n) is 9.82. The molecule has 9 heteroatoms. The Morgan fingerprint density at radius 3 is 2.58 bits per heavy atom. The van der Waals surface area contributed by atoms with E-state index in [1.54, 1.807) is 29.2 Å². The number of anilines is 1. The lowest BCUT2D eigenvalue weighted by atomic mass is 10.1. The van der Waals surface area contributed by atoms with Gasteiger partial charge in [-0.2, -0.15) is 5.10 Å². The molecule has 8 nitrogen and oxygen atoms in total. The standard InChI is InChI=1S/C22H25ClN6O2/c1-15-19(23)5-4-6-20(15)27-21(30)11-25-22(31)12-28(3)16(2)17-7-9-18(10-8-17)29-14-24-13-26-29/h4-10,13-14,16H,11-12H2,1-3H3,(H,25,31)(H,27,30). The molecule has 1 aromatic heterocycles. The fourth-order valence-electron chi connectivity index (χ4n) is 3.04. The van der Waals surface area contributed by atoms with E-state index >= 15 is 0 Å². The quantitative estimate of drug-likeness (QED) is 0.561. The smallest absolute Gasteiger partial charge is 0.243 e. The predicted molar refractivity (Wildman–Crippen MR) is 120 cm³/mol. The molecule has 31 heavy (non-hydrogen) atoms. The van der Waals surface area contributed by atoms with Crippen LogP contribution in [0.4, 0.5) is 5.69 Å². The van der Waals surface area contributed by atoms with Crippen molar-refractivity contribution in [2.45, 2.75) is 19.9 Å². The second kappa shape index (κ2) is 10.2. The summed E-state index contributed by atoms with van der Waals surface area (Å²) in [6.07, 6.45) is 3.12. The molecule has 3 rings (SSSR count). The Balaban J connectivity index is 1.48. The molecule has 2 amide bonds. The van der Waals surface area contributed by atoms with Gasteiger partial charge in [-0.15, -0.1) is 0 Å². The lowest BCUT2D eigenvalue weighted by molar-refractivity contribution is -0.125. The van der Waals surface area contributed by atoms with Crippen molar-refractivity contribution < 1.29 is 9.59 Å². The Hall–Kier alpha value is -3.23. The van der Waals surface area contributed by atoms with Gasteiger partial charge in [-0.1, -0.05) is 29.8 Å². The lowest BCUT2D eigenvalue weighted by Gasteiger charge is -2.24. The number of carbonyl (C=O) groups is 2. The van der Waals surface area contributed by atoms with E-state index in [1.165, 1.54) is 6.33 Å². The number of amides is 2. The molecular formula is C22H25ClN6O2. The summed E-state index contributed by atoms with van der Waals surface area (Å²) in [5.41, 5.74) is 3.39. The molecule has 2 N–H and O–H groups in total. The fraction of sp³-hybridized carbons (Fsp3) is 0.273. The molecule has 0 saturated heterocycles. The second-order valence-corrected chi connectivity index (χ2v) is 7.67. The summed E-state index contributed by atoms with van der Waals surface area (Å²) in [7, 11) is 1.87. The highest BCUT2D eigenvalue weighted by Gasteiger charge is 2.16. The molecular weight excluding hydrogens is 416 g/mol. The van der Waals surface area contributed by atoms with Crippen LogP contribution in [0.3, 0.4) is 0 Å². The van der Waals surface area contributed by atoms with Gasteiger partial charge in [0.2, 0.25) is 11.8 Å². The van der Waals surface area contributed by atoms with Crippen LogP contribution in [-0.2, 0) is 9.59 Å². The number of aromatic nitrogens is 3. The summed E-state index contributed by atoms with van der Waals surface area (Å²) in [5.74, 6) is -0.537. The van der Waals surface area contributed by atoms with Gasteiger partial charge in [0.05, 0.1) is 18.8 Å². The first-order chi connectivity index (χ1) is 14.8. The third-order valence-corrected chi connectivity index (χ3v) is 5.51. The van der Waals surface area contributed by atoms with Crippen molar-refractivity contribution in [1.82, 2.24) is 25.0 Å². The highest BCUT2D eigenvalue weighted by molar-refractivity contribution is 6.31. The third-order valence-electron chi connectivity index (χ3n) is 5.10. The molecule has 0 saturated carbocycles. The van der Waals surface area contributed by atoms with E-state index in [0.717, 1.165) is 16.8 Å². The number of nitrogens with one attached hydrogen (secondary N) is 2. The van der Waals surface area contributed by atoms with E-state index in [9.17, 15) is 9.59 Å². The summed E-state index contributed by atoms with van der Waals surface area (Å²) in [6.45, 7) is 3.90. The van der Waals surface area contributed by atoms with Gasteiger partial charge in [0, 0.05) is 16.8 Å². The normalized spacial score (nSPS) is 11.9. The molecule has 0 bridgehead atoms. The van der Waals surface area contributed by atoms with Crippen molar-refractivity contribution in [1.29, 1.82) is 0 Å². The summed E-state index contributed by atoms with van der Waals surface area (Å²) in [4.78, 5) is 30.3. The van der Waals surface area contributed by atoms with Crippen molar-refractivity contribution in [2.75, 3.05) is 25.5 Å². The van der Waals surface area contributed by atoms with Gasteiger partial charge in [-0.3, -0.25) is 14.5 Å². The number of likely N-dealkylation sites (N-methyl/N-ethyl adjacent to an activating group) is 1. The zero-order chi connectivity index (χ0) is 22.4. The molecule has 0 aliphatic carbocycles. The third kappa shape index (κ3) is 5.90. The highest BCUT2D eigenvalue weighted by atomic mass is 35.5. The summed E-state index contributed by atoms with van der Waals surface area (Å²) in [6, 6.07) is 13.2. The molecule has 1 heterocycles. The maximum atomic E-state index is 12.3. The van der Waals surface area contributed by atoms with Crippen LogP contribution in [-0.4, -0.2) is 51.6 Å². The van der Waals surface area contributed by atoms with Gasteiger partial charge >= 0.3 is 0 Å². The minimum absolute atomic E-state index is 0.0125. The van der Waals surface area contributed by atoms with Crippen LogP contribution in [0.15, 0.2) is 55.1 Å². The van der Waals surface area contributed by atoms with E-state index in [-0.39, 0.29) is 30.9 Å². The van der Waals surface area contributed by atoms with Crippen molar-refractivity contribution in [3.63, 3.8) is 0 Å². The fourth-order valence-corrected chi connectivity index (χ4v) is 3.21. The first-order valence-corrected chi connectivity index (χ1v) is 10.2. The number of hydrogen-bond donors (Lipinski definition) is 2. The molecule has 3 aromatic rings. The van der Waals surface area contributed by atoms with Crippen molar-refractivity contribution in [2.24, 2.45) is 0 Å². The monoisotopic (exact) mass is 440 g/mol. The average molecular weight is 441 g/mol. The molecule has 0 aliphatic heterocycles. The van der Waals surface area contributed by atoms with Crippen molar-refractivity contribution in [3.05, 3.63) is 71.3 Å². The molecule has 1 atom stereocenters. The molecule has 0 aliphatic rings. The van der Waals surface area contributed by atoms with E-state index in [2.05, 4.69) is 20.7 Å². The van der Waals surface area contributed by atoms with Crippen LogP contribution in [0.2, 0.25) is 5.02 Å². The van der Waals surface area contributed by atoms with Crippen molar-refractivity contribution >= 4 is 29.1 Å². The summed E-state index contributed by atoms with van der Waals surface area (Å²) in [5, 5.41) is 10.1. The maximum Gasteiger partial charge on any atom is 0.243 e. The molecule has 0 spiro atoms. The minimum Gasteiger partial charge on any atom is -0.346 e. The molecule has 0 radical (unpaired) electrons. The number of halogens is 1. The van der Waals surface area contributed by atoms with Gasteiger partial charge in [-0.05, 0) is 56.3 Å². The summed E-state index contributed by atoms with van der Waals surface area (Å²) >= 11 is 6.06. The predicted octanol–water partition coefficient (Wildman–Crippen LogP) is 2.98. The van der Waals surface area contributed by atoms with Gasteiger partial charge in [0.15, 0.2) is 0 Å². The topological polar surface area (TPSA) is 92.2 Å². The zero-order valence-electron chi connectivity index (χ0n) is 17.7. The molecule has 1 unspecified atom stereocenters. The van der Waals surface area contributed by atoms with Crippen molar-refractivity contribution in [3.8, 4) is 5.69 Å². The van der Waals surface area contributed by atoms with Crippen LogP contribution >= 0.6 is 11.6 Å². The van der Waals surface area contributed by atoms with E-state index in [1.807, 2.05) is 50.1 Å². The lowest BCUT2D eigenvalue weighted by Crippen LogP contribution is -2.40. The molecule has 2 aromatic carbocycles. The largest absolute Gasteiger partial charge is 0.346 e. The Morgan fingerprint density at radius 2 is 1.90 bits per heavy atom. The average Bonchev–Trinajstić information content (AvgIpc) is 3.30. The minimum atomic E-state index is -0.307. The van der Waals surface area contributed by atoms with Crippen LogP contribution < -0.4 is 10.6 Å². The number of benzene rings is 2. The SMILES string of the molecule is Cc1c(Cl)cccc1NC(=O)CNC(=O)CN(C)C(C)c1ccc(-n2cncn2)cc1. The zero-order valence-corrected chi connectivity index (χ0v) is 18.4. The van der Waals surface area contributed by atoms with Gasteiger partial charge in [0.25, 0.3) is 0 Å². The van der Waals surface area contributed by atoms with Gasteiger partial charge < -0.3 is 10.6 Å². The summed E-state index contributed by atoms with van der Waals surface area (Å²) < 4.78 is 1.68. The van der Waals surface area contributed by atoms with Gasteiger partial charge in [-0.25, -0.2) is 9.67 Å². The van der Waals surface area contributed by atoms with E-state index in [0.29, 0.717) is 10.7 Å². The molecule has 0 fully saturated rings. The van der Waals surface area contributed by atoms with Crippen LogP contribution in [0.5, 0.6) is 0 Å². The van der Waals surface area contributed by atoms with Crippen LogP contribution in [0.1, 0.15) is 24.1 Å². The first kappa shape index (κ1) is 22.5. The Labute approximate surface area is 186 Å². The number of nitrogens with zero attached hydrogens (tertiary/aromatic N) is 4. The van der Waals surface area contributed by atoms with E-state index < -0.39 is 0 Å². The number of hydrogen-bond acceptors (Lipinski definition) is 5. The van der Waals surface area contributed by atoms with Gasteiger partial charge in [0.1, 0.15) is 12.7 Å².